The lowest BCUT2D eigenvalue weighted by molar-refractivity contribution is -0.135. The van der Waals surface area contributed by atoms with Crippen LogP contribution in [-0.2, 0) is 27.3 Å². The molecular weight excluding hydrogens is 819 g/mol. The van der Waals surface area contributed by atoms with Crippen LogP contribution in [0.15, 0.2) is 110 Å². The van der Waals surface area contributed by atoms with Crippen LogP contribution in [0.4, 0.5) is 17.3 Å². The Morgan fingerprint density at radius 1 is 0.754 bits per heavy atom. The third-order valence-electron chi connectivity index (χ3n) is 11.0. The summed E-state index contributed by atoms with van der Waals surface area (Å²) >= 11 is 0. The molecule has 344 valence electrons. The van der Waals surface area contributed by atoms with E-state index in [0.717, 1.165) is 85.0 Å². The minimum Gasteiger partial charge on any atom is -0.382 e. The molecule has 14 heteroatoms. The second kappa shape index (κ2) is 26.3. The molecule has 2 heterocycles. The first-order chi connectivity index (χ1) is 31.4. The normalized spacial score (nSPS) is 12.5. The van der Waals surface area contributed by atoms with Gasteiger partial charge in [0.1, 0.15) is 12.1 Å². The summed E-state index contributed by atoms with van der Waals surface area (Å²) in [6, 6.07) is 26.3. The van der Waals surface area contributed by atoms with Crippen LogP contribution in [-0.4, -0.2) is 68.4 Å². The van der Waals surface area contributed by atoms with Crippen LogP contribution >= 0.6 is 0 Å². The summed E-state index contributed by atoms with van der Waals surface area (Å²) in [5, 5.41) is 25.5. The number of carbonyl (C=O) groups excluding carboxylic acids is 4. The van der Waals surface area contributed by atoms with Crippen molar-refractivity contribution >= 4 is 41.0 Å². The van der Waals surface area contributed by atoms with E-state index >= 15 is 0 Å². The minimum absolute atomic E-state index is 0.00450. The van der Waals surface area contributed by atoms with Crippen LogP contribution in [0.1, 0.15) is 105 Å². The maximum Gasteiger partial charge on any atom is 0.255 e. The quantitative estimate of drug-likeness (QED) is 0.0271. The Bertz CT molecular complexity index is 2260. The Hall–Kier alpha value is -6.51. The predicted molar refractivity (Wildman–Crippen MR) is 256 cm³/mol. The maximum absolute atomic E-state index is 13.1. The van der Waals surface area contributed by atoms with Gasteiger partial charge >= 0.3 is 0 Å². The molecular formula is C51H65N9O5. The van der Waals surface area contributed by atoms with Gasteiger partial charge in [-0.25, -0.2) is 9.97 Å². The molecule has 4 amide bonds. The van der Waals surface area contributed by atoms with Gasteiger partial charge in [0.25, 0.3) is 11.8 Å². The van der Waals surface area contributed by atoms with Crippen molar-refractivity contribution in [2.75, 3.05) is 17.2 Å². The van der Waals surface area contributed by atoms with Crippen molar-refractivity contribution in [2.24, 2.45) is 11.7 Å². The average molecular weight is 884 g/mol. The third-order valence-corrected chi connectivity index (χ3v) is 11.0. The molecule has 0 aliphatic heterocycles. The van der Waals surface area contributed by atoms with Gasteiger partial charge in [0.2, 0.25) is 17.8 Å². The van der Waals surface area contributed by atoms with Gasteiger partial charge < -0.3 is 37.4 Å². The Kier molecular flexibility index (Phi) is 20.0. The van der Waals surface area contributed by atoms with E-state index in [2.05, 4.69) is 41.5 Å². The molecule has 8 N–H and O–H groups in total. The van der Waals surface area contributed by atoms with E-state index in [-0.39, 0.29) is 23.6 Å². The monoisotopic (exact) mass is 884 g/mol. The van der Waals surface area contributed by atoms with E-state index in [4.69, 9.17) is 5.73 Å². The lowest BCUT2D eigenvalue weighted by Gasteiger charge is -2.24. The van der Waals surface area contributed by atoms with Crippen LogP contribution in [0, 0.1) is 12.8 Å². The van der Waals surface area contributed by atoms with Crippen LogP contribution in [0.3, 0.4) is 0 Å². The van der Waals surface area contributed by atoms with Crippen LogP contribution < -0.4 is 32.3 Å². The molecule has 0 unspecified atom stereocenters. The topological polar surface area (TPSA) is 213 Å². The molecule has 14 nitrogen and oxygen atoms in total. The van der Waals surface area contributed by atoms with Crippen LogP contribution in [0.25, 0.3) is 11.3 Å². The average Bonchev–Trinajstić information content (AvgIpc) is 3.31. The largest absolute Gasteiger partial charge is 0.382 e. The predicted octanol–water partition coefficient (Wildman–Crippen LogP) is 7.55. The number of nitrogens with two attached hydrogens (primary N) is 1. The fourth-order valence-corrected chi connectivity index (χ4v) is 7.27. The number of anilines is 3. The van der Waals surface area contributed by atoms with Crippen LogP contribution in [0.2, 0.25) is 0 Å². The van der Waals surface area contributed by atoms with Crippen molar-refractivity contribution in [2.45, 2.75) is 116 Å². The Morgan fingerprint density at radius 2 is 1.48 bits per heavy atom. The van der Waals surface area contributed by atoms with E-state index in [1.54, 1.807) is 30.7 Å². The van der Waals surface area contributed by atoms with Gasteiger partial charge in [-0.1, -0.05) is 101 Å². The number of rotatable bonds is 26. The highest BCUT2D eigenvalue weighted by molar-refractivity contribution is 6.04. The summed E-state index contributed by atoms with van der Waals surface area (Å²) in [6.45, 7) is 6.83. The molecule has 0 saturated heterocycles. The van der Waals surface area contributed by atoms with Crippen LogP contribution in [0.5, 0.6) is 0 Å². The highest BCUT2D eigenvalue weighted by Gasteiger charge is 2.28. The Morgan fingerprint density at radius 3 is 2.18 bits per heavy atom. The highest BCUT2D eigenvalue weighted by Crippen LogP contribution is 2.25. The molecule has 0 aliphatic carbocycles. The first-order valence-electron chi connectivity index (χ1n) is 22.8. The number of unbranched alkanes of at least 4 members (excludes halogenated alkanes) is 7. The van der Waals surface area contributed by atoms with E-state index in [9.17, 15) is 24.3 Å². The lowest BCUT2D eigenvalue weighted by atomic mass is 9.99. The molecule has 0 spiro atoms. The SMILES string of the molecule is Cc1ccc(NC(=O)c2ccc(CNC(=O)CCCCCCCCCCNC(=O)[C@H](CC(C)C)NC(=O)[C@@H](O)[C@H](N)Cc3ccccc3)cc2)cc1Nc1nccc(-c2cccnc2)n1. The summed E-state index contributed by atoms with van der Waals surface area (Å²) in [5.74, 6) is -0.536. The molecule has 65 heavy (non-hydrogen) atoms. The maximum atomic E-state index is 13.1. The number of benzene rings is 3. The van der Waals surface area contributed by atoms with Gasteiger partial charge in [-0.05, 0) is 97.7 Å². The molecule has 0 radical (unpaired) electrons. The number of aromatic nitrogens is 3. The van der Waals surface area contributed by atoms with Crippen molar-refractivity contribution in [1.82, 2.24) is 30.9 Å². The molecule has 3 atom stereocenters. The molecule has 0 saturated carbocycles. The van der Waals surface area contributed by atoms with Crippen molar-refractivity contribution in [1.29, 1.82) is 0 Å². The highest BCUT2D eigenvalue weighted by atomic mass is 16.3. The van der Waals surface area contributed by atoms with Gasteiger partial charge in [0.05, 0.1) is 5.69 Å². The molecule has 0 fully saturated rings. The Labute approximate surface area is 383 Å². The molecule has 0 aliphatic rings. The minimum atomic E-state index is -1.42. The summed E-state index contributed by atoms with van der Waals surface area (Å²) in [7, 11) is 0. The van der Waals surface area contributed by atoms with Gasteiger partial charge in [0.15, 0.2) is 0 Å². The number of aliphatic hydroxyl groups is 1. The first kappa shape index (κ1) is 49.5. The number of nitrogens with zero attached hydrogens (tertiary/aromatic N) is 3. The van der Waals surface area contributed by atoms with Crippen molar-refractivity contribution in [3.63, 3.8) is 0 Å². The van der Waals surface area contributed by atoms with Crippen molar-refractivity contribution in [3.05, 3.63) is 132 Å². The lowest BCUT2D eigenvalue weighted by Crippen LogP contribution is -2.54. The smallest absolute Gasteiger partial charge is 0.255 e. The molecule has 5 aromatic rings. The zero-order valence-corrected chi connectivity index (χ0v) is 37.9. The summed E-state index contributed by atoms with van der Waals surface area (Å²) in [4.78, 5) is 64.6. The number of aryl methyl sites for hydroxylation is 1. The number of hydrogen-bond donors (Lipinski definition) is 7. The van der Waals surface area contributed by atoms with E-state index in [1.165, 1.54) is 0 Å². The van der Waals surface area contributed by atoms with Gasteiger partial charge in [-0.15, -0.1) is 0 Å². The second-order valence-electron chi connectivity index (χ2n) is 16.9. The number of pyridine rings is 1. The zero-order chi connectivity index (χ0) is 46.4. The van der Waals surface area contributed by atoms with Gasteiger partial charge in [-0.2, -0.15) is 0 Å². The van der Waals surface area contributed by atoms with E-state index in [1.807, 2.05) is 99.6 Å². The standard InChI is InChI=1S/C51H65N9O5/c1-35(2)30-45(58-50(65)47(62)42(52)31-37-16-11-10-12-17-37)49(64)54-28-14-9-7-5-4-6-8-13-19-46(61)56-33-38-21-23-39(24-22-38)48(63)57-41-25-20-36(3)44(32-41)60-51-55-29-26-43(59-51)40-18-15-27-53-34-40/h10-12,15-18,20-27,29,32,34-35,42,45,47,62H,4-9,13-14,19,28,30-31,33,52H2,1-3H3,(H,54,64)(H,56,61)(H,57,63)(H,58,65)(H,55,59,60)/t42-,45+,47+/m1/s1. The molecule has 2 aromatic heterocycles. The van der Waals surface area contributed by atoms with Crippen molar-refractivity contribution in [3.8, 4) is 11.3 Å². The van der Waals surface area contributed by atoms with Gasteiger partial charge in [-0.3, -0.25) is 24.2 Å². The number of nitrogens with one attached hydrogen (secondary N) is 5. The summed E-state index contributed by atoms with van der Waals surface area (Å²) in [6.07, 6.45) is 12.9. The molecule has 0 bridgehead atoms. The fraction of sp³-hybridized carbons (Fsp3) is 0.392. The summed E-state index contributed by atoms with van der Waals surface area (Å²) in [5.41, 5.74) is 12.4. The Balaban J connectivity index is 0.905. The second-order valence-corrected chi connectivity index (χ2v) is 16.9. The molecule has 5 rings (SSSR count). The zero-order valence-electron chi connectivity index (χ0n) is 37.9. The first-order valence-corrected chi connectivity index (χ1v) is 22.8. The van der Waals surface area contributed by atoms with E-state index in [0.29, 0.717) is 49.6 Å². The number of carbonyl (C=O) groups is 4. The van der Waals surface area contributed by atoms with E-state index < -0.39 is 24.1 Å². The molecule has 3 aromatic carbocycles. The fourth-order valence-electron chi connectivity index (χ4n) is 7.27. The number of aliphatic hydroxyl groups excluding tert-OH is 1. The number of hydrogen-bond acceptors (Lipinski definition) is 10. The summed E-state index contributed by atoms with van der Waals surface area (Å²) < 4.78 is 0. The van der Waals surface area contributed by atoms with Crippen molar-refractivity contribution < 1.29 is 24.3 Å². The number of amides is 4. The third kappa shape index (κ3) is 17.2. The van der Waals surface area contributed by atoms with Gasteiger partial charge in [0, 0.05) is 66.6 Å².